The van der Waals surface area contributed by atoms with Crippen molar-refractivity contribution >= 4 is 85.7 Å². The molecule has 0 N–H and O–H groups in total. The Hall–Kier alpha value is 3.57. The van der Waals surface area contributed by atoms with Crippen LogP contribution in [0.15, 0.2) is 0 Å². The molecular weight excluding hydrogens is 504 g/mol. The third-order valence-electron chi connectivity index (χ3n) is 0. The fourth-order valence-electron chi connectivity index (χ4n) is 0. The fourth-order valence-corrected chi connectivity index (χ4v) is 0. The van der Waals surface area contributed by atoms with Crippen molar-refractivity contribution in [2.75, 3.05) is 0 Å². The van der Waals surface area contributed by atoms with Gasteiger partial charge in [-0.1, -0.05) is 0 Å². The van der Waals surface area contributed by atoms with E-state index in [1.807, 2.05) is 0 Å². The molecule has 0 aliphatic heterocycles. The molecule has 0 spiro atoms. The summed E-state index contributed by atoms with van der Waals surface area (Å²) < 4.78 is 8.34. The number of rotatable bonds is 0. The van der Waals surface area contributed by atoms with Crippen LogP contribution < -0.4 is 0 Å². The van der Waals surface area contributed by atoms with Crippen LogP contribution in [-0.4, -0.2) is 85.7 Å². The van der Waals surface area contributed by atoms with Gasteiger partial charge in [-0.15, -0.1) is 0 Å². The van der Waals surface area contributed by atoms with E-state index >= 15 is 0 Å². The van der Waals surface area contributed by atoms with Crippen molar-refractivity contribution < 1.29 is 30.4 Å². The van der Waals surface area contributed by atoms with Crippen molar-refractivity contribution in [3.8, 4) is 0 Å². The van der Waals surface area contributed by atoms with Gasteiger partial charge in [-0.25, -0.2) is 0 Å². The quantitative estimate of drug-likeness (QED) is 0.299. The van der Waals surface area contributed by atoms with E-state index in [-0.39, 0.29) is 90.5 Å². The van der Waals surface area contributed by atoms with Crippen LogP contribution >= 0.6 is 0 Å². The predicted molar refractivity (Wildman–Crippen MR) is 37.7 cm³/mol. The Bertz CT molecular complexity index is 15.5. The molecule has 0 aliphatic rings. The molecule has 2 radical (unpaired) electrons. The standard InChI is InChI=1S/Cd.Ga.GeH4.In.O.Sn.6H/h;;1H4;;;;;;;;;. The zero-order valence-electron chi connectivity index (χ0n) is 1.62. The molecule has 0 amide bonds. The zero-order chi connectivity index (χ0) is 2.00. The van der Waals surface area contributed by atoms with Crippen molar-refractivity contribution in [2.24, 2.45) is 0 Å². The summed E-state index contributed by atoms with van der Waals surface area (Å²) in [5, 5.41) is 0. The van der Waals surface area contributed by atoms with Gasteiger partial charge in [0.1, 0.15) is 0 Å². The monoisotopic (exact) mass is 518 g/mol. The molecule has 0 heterocycles. The summed E-state index contributed by atoms with van der Waals surface area (Å²) in [6.45, 7) is 0. The molecule has 0 saturated carbocycles. The zero-order valence-corrected chi connectivity index (χ0v) is 8.51. The minimum atomic E-state index is 0. The predicted octanol–water partition coefficient (Wildman–Crippen LogP) is -4.32. The Labute approximate surface area is 114 Å². The van der Waals surface area contributed by atoms with Gasteiger partial charge in [-0.2, -0.15) is 0 Å². The van der Waals surface area contributed by atoms with Crippen molar-refractivity contribution in [3.05, 3.63) is 0 Å². The normalized spacial score (nSPS) is 0.667. The average Bonchev–Trinajstić information content (AvgIpc) is 1.00. The molecule has 0 saturated heterocycles. The van der Waals surface area contributed by atoms with Crippen LogP contribution in [0.1, 0.15) is 0 Å². The molecule has 0 aromatic rings. The van der Waals surface area contributed by atoms with E-state index in [0.717, 1.165) is 0 Å². The van der Waals surface area contributed by atoms with Crippen LogP contribution in [0.5, 0.6) is 0 Å². The van der Waals surface area contributed by atoms with Gasteiger partial charge in [0.05, 0.1) is 0 Å². The maximum absolute atomic E-state index is 8.34. The van der Waals surface area contributed by atoms with Gasteiger partial charge in [-0.05, 0) is 0 Å². The van der Waals surface area contributed by atoms with Gasteiger partial charge in [0.15, 0.2) is 0 Å². The molecule has 32 valence electrons. The van der Waals surface area contributed by atoms with Crippen LogP contribution in [0.2, 0.25) is 0 Å². The van der Waals surface area contributed by atoms with Crippen LogP contribution in [0.4, 0.5) is 0 Å². The Morgan fingerprint density at radius 2 is 1.17 bits per heavy atom. The minimum absolute atomic E-state index is 0. The molecule has 0 aromatic carbocycles. The molecule has 1 nitrogen and oxygen atoms in total. The Morgan fingerprint density at radius 3 is 1.17 bits per heavy atom. The molecule has 6 heavy (non-hydrogen) atoms. The summed E-state index contributed by atoms with van der Waals surface area (Å²) in [4.78, 5) is 0. The molecule has 0 rings (SSSR count). The Balaban J connectivity index is -0.000000000833. The molecular formula is H10CdGaGeInOSn. The fraction of sp³-hybridized carbons (Fsp3) is 0. The Morgan fingerprint density at radius 1 is 1.17 bits per heavy atom. The summed E-state index contributed by atoms with van der Waals surface area (Å²) in [6.07, 6.45) is 0. The van der Waals surface area contributed by atoms with E-state index in [4.69, 9.17) is 3.08 Å². The maximum atomic E-state index is 8.34. The SMILES string of the molecule is [Cd].[GaH3].[GeH4].[InH3].[O]=[Sn]. The second kappa shape index (κ2) is 38.5. The topological polar surface area (TPSA) is 17.1 Å². The van der Waals surface area contributed by atoms with Crippen molar-refractivity contribution in [1.82, 2.24) is 0 Å². The van der Waals surface area contributed by atoms with Crippen molar-refractivity contribution in [1.29, 1.82) is 0 Å². The van der Waals surface area contributed by atoms with E-state index in [1.54, 1.807) is 0 Å². The molecule has 0 aliphatic carbocycles. The molecule has 0 fully saturated rings. The first-order valence-electron chi connectivity index (χ1n) is 0.204. The van der Waals surface area contributed by atoms with Crippen LogP contribution in [0.25, 0.3) is 0 Å². The molecule has 0 unspecified atom stereocenters. The van der Waals surface area contributed by atoms with Gasteiger partial charge >= 0.3 is 88.8 Å². The first-order chi connectivity index (χ1) is 1.00. The molecule has 0 atom stereocenters. The van der Waals surface area contributed by atoms with Gasteiger partial charge in [0.25, 0.3) is 0 Å². The van der Waals surface area contributed by atoms with Gasteiger partial charge in [-0.3, -0.25) is 0 Å². The van der Waals surface area contributed by atoms with Crippen LogP contribution in [0.3, 0.4) is 0 Å². The third kappa shape index (κ3) is 25.6. The molecule has 0 aromatic heterocycles. The van der Waals surface area contributed by atoms with Gasteiger partial charge in [0.2, 0.25) is 0 Å². The van der Waals surface area contributed by atoms with E-state index < -0.39 is 0 Å². The van der Waals surface area contributed by atoms with Crippen molar-refractivity contribution in [3.63, 3.8) is 0 Å². The summed E-state index contributed by atoms with van der Waals surface area (Å²) >= 11 is 0.300. The summed E-state index contributed by atoms with van der Waals surface area (Å²) in [7, 11) is 0. The van der Waals surface area contributed by atoms with E-state index in [0.29, 0.717) is 22.5 Å². The van der Waals surface area contributed by atoms with Crippen LogP contribution in [-0.2, 0) is 30.4 Å². The van der Waals surface area contributed by atoms with Gasteiger partial charge in [0, 0.05) is 27.3 Å². The number of hydrogen-bond donors (Lipinski definition) is 0. The first kappa shape index (κ1) is 33.7. The summed E-state index contributed by atoms with van der Waals surface area (Å²) in [5.41, 5.74) is 0. The van der Waals surface area contributed by atoms with Crippen molar-refractivity contribution in [2.45, 2.75) is 0 Å². The van der Waals surface area contributed by atoms with Crippen LogP contribution in [0, 0.1) is 0 Å². The summed E-state index contributed by atoms with van der Waals surface area (Å²) in [6, 6.07) is 0. The average molecular weight is 514 g/mol. The summed E-state index contributed by atoms with van der Waals surface area (Å²) in [5.74, 6) is 0. The second-order valence-corrected chi connectivity index (χ2v) is 0. The third-order valence-corrected chi connectivity index (χ3v) is 0. The molecule has 0 bridgehead atoms. The first-order valence-corrected chi connectivity index (χ1v) is 1.37. The van der Waals surface area contributed by atoms with E-state index in [2.05, 4.69) is 0 Å². The van der Waals surface area contributed by atoms with Gasteiger partial charge < -0.3 is 0 Å². The molecule has 6 heteroatoms. The Kier molecular flexibility index (Phi) is 216. The second-order valence-electron chi connectivity index (χ2n) is 0. The van der Waals surface area contributed by atoms with E-state index in [1.165, 1.54) is 0 Å². The van der Waals surface area contributed by atoms with E-state index in [9.17, 15) is 0 Å². The number of hydrogen-bond acceptors (Lipinski definition) is 1.